The minimum absolute atomic E-state index is 0.0464. The van der Waals surface area contributed by atoms with Crippen LogP contribution in [0.15, 0.2) is 60.8 Å². The molecule has 0 aromatic heterocycles. The molecule has 9 nitrogen and oxygen atoms in total. The van der Waals surface area contributed by atoms with Gasteiger partial charge in [0.25, 0.3) is 0 Å². The van der Waals surface area contributed by atoms with E-state index in [-0.39, 0.29) is 38.6 Å². The Bertz CT molecular complexity index is 1330. The Kier molecular flexibility index (Phi) is 54.2. The average molecular weight is 1000 g/mol. The standard InChI is InChI=1S/C60H110NO8P/c1-3-5-7-9-11-13-15-17-19-21-23-24-25-26-27-28-29-30-31-32-33-35-36-38-40-42-44-46-48-50-52-59(62)66-56-58(57-68-70(64,65)67-55-54-61)69-60(63)53-51-49-47-45-43-41-39-37-34-22-20-18-16-14-12-10-8-6-4-2/h6,8,12,14,18,20,34,37,41,43,58H,3-5,7,9-11,13,15-17,19,21-33,35-36,38-40,42,44-57,61H2,1-2H3,(H,64,65)/b8-6-,14-12-,20-18-,37-34-,43-41-. The Morgan fingerprint density at radius 3 is 1.17 bits per heavy atom. The highest BCUT2D eigenvalue weighted by molar-refractivity contribution is 7.47. The molecule has 70 heavy (non-hydrogen) atoms. The van der Waals surface area contributed by atoms with Crippen molar-refractivity contribution in [1.29, 1.82) is 0 Å². The summed E-state index contributed by atoms with van der Waals surface area (Å²) in [6.45, 7) is 3.62. The zero-order chi connectivity index (χ0) is 51.0. The maximum absolute atomic E-state index is 12.7. The van der Waals surface area contributed by atoms with Gasteiger partial charge in [0.05, 0.1) is 13.2 Å². The van der Waals surface area contributed by atoms with Crippen LogP contribution in [-0.4, -0.2) is 49.3 Å². The molecule has 0 fully saturated rings. The fourth-order valence-electron chi connectivity index (χ4n) is 8.37. The SMILES string of the molecule is CC/C=C\C/C=C\C/C=C\C/C=C\C/C=C\CCCCCC(=O)OC(COC(=O)CCCCCCCCCCCCCCCCCCCCCCCCCCCCCCCC)COP(=O)(O)OCCN. The first kappa shape index (κ1) is 67.7. The van der Waals surface area contributed by atoms with Crippen molar-refractivity contribution in [1.82, 2.24) is 0 Å². The molecule has 0 saturated heterocycles. The van der Waals surface area contributed by atoms with Gasteiger partial charge in [-0.25, -0.2) is 4.57 Å². The monoisotopic (exact) mass is 1000 g/mol. The number of phosphoric ester groups is 1. The fourth-order valence-corrected chi connectivity index (χ4v) is 9.14. The van der Waals surface area contributed by atoms with Crippen LogP contribution in [0.3, 0.4) is 0 Å². The van der Waals surface area contributed by atoms with Gasteiger partial charge in [0, 0.05) is 19.4 Å². The molecule has 0 aromatic carbocycles. The lowest BCUT2D eigenvalue weighted by molar-refractivity contribution is -0.161. The van der Waals surface area contributed by atoms with E-state index in [1.54, 1.807) is 0 Å². The molecule has 0 amide bonds. The van der Waals surface area contributed by atoms with Crippen molar-refractivity contribution in [2.45, 2.75) is 283 Å². The van der Waals surface area contributed by atoms with E-state index in [1.165, 1.54) is 173 Å². The molecule has 0 aliphatic rings. The molecule has 3 N–H and O–H groups in total. The van der Waals surface area contributed by atoms with Gasteiger partial charge in [0.2, 0.25) is 0 Å². The predicted molar refractivity (Wildman–Crippen MR) is 298 cm³/mol. The predicted octanol–water partition coefficient (Wildman–Crippen LogP) is 18.3. The van der Waals surface area contributed by atoms with Crippen LogP contribution in [0.4, 0.5) is 0 Å². The second-order valence-corrected chi connectivity index (χ2v) is 20.9. The summed E-state index contributed by atoms with van der Waals surface area (Å²) in [5, 5.41) is 0. The largest absolute Gasteiger partial charge is 0.472 e. The number of carbonyl (C=O) groups is 2. The van der Waals surface area contributed by atoms with Crippen molar-refractivity contribution in [2.75, 3.05) is 26.4 Å². The fraction of sp³-hybridized carbons (Fsp3) is 0.800. The van der Waals surface area contributed by atoms with Crippen molar-refractivity contribution in [3.05, 3.63) is 60.8 Å². The van der Waals surface area contributed by atoms with Gasteiger partial charge in [0.1, 0.15) is 6.61 Å². The van der Waals surface area contributed by atoms with Gasteiger partial charge in [-0.15, -0.1) is 0 Å². The van der Waals surface area contributed by atoms with Crippen LogP contribution in [0.25, 0.3) is 0 Å². The number of nitrogens with two attached hydrogens (primary N) is 1. The summed E-state index contributed by atoms with van der Waals surface area (Å²) in [5.41, 5.74) is 5.38. The molecule has 0 rings (SSSR count). The summed E-state index contributed by atoms with van der Waals surface area (Å²) < 4.78 is 33.0. The summed E-state index contributed by atoms with van der Waals surface area (Å²) in [5.74, 6) is -0.857. The number of hydrogen-bond acceptors (Lipinski definition) is 8. The number of esters is 2. The van der Waals surface area contributed by atoms with Gasteiger partial charge < -0.3 is 20.1 Å². The zero-order valence-corrected chi connectivity index (χ0v) is 46.4. The highest BCUT2D eigenvalue weighted by atomic mass is 31.2. The lowest BCUT2D eigenvalue weighted by Gasteiger charge is -2.19. The highest BCUT2D eigenvalue weighted by Gasteiger charge is 2.26. The Morgan fingerprint density at radius 2 is 0.786 bits per heavy atom. The van der Waals surface area contributed by atoms with E-state index in [9.17, 15) is 19.0 Å². The van der Waals surface area contributed by atoms with E-state index in [0.717, 1.165) is 70.6 Å². The third-order valence-electron chi connectivity index (χ3n) is 12.7. The zero-order valence-electron chi connectivity index (χ0n) is 45.5. The number of ether oxygens (including phenoxy) is 2. The van der Waals surface area contributed by atoms with Crippen molar-refractivity contribution >= 4 is 19.8 Å². The van der Waals surface area contributed by atoms with Gasteiger partial charge in [-0.2, -0.15) is 0 Å². The van der Waals surface area contributed by atoms with Crippen LogP contribution < -0.4 is 5.73 Å². The Labute approximate surface area is 431 Å². The molecule has 2 unspecified atom stereocenters. The van der Waals surface area contributed by atoms with Crippen LogP contribution >= 0.6 is 7.82 Å². The summed E-state index contributed by atoms with van der Waals surface area (Å²) in [4.78, 5) is 35.1. The molecule has 0 aliphatic heterocycles. The quantitative estimate of drug-likeness (QED) is 0.0264. The van der Waals surface area contributed by atoms with Gasteiger partial charge in [-0.3, -0.25) is 18.6 Å². The van der Waals surface area contributed by atoms with Crippen molar-refractivity contribution in [2.24, 2.45) is 5.73 Å². The van der Waals surface area contributed by atoms with Gasteiger partial charge in [0.15, 0.2) is 6.10 Å². The van der Waals surface area contributed by atoms with Crippen LogP contribution in [-0.2, 0) is 32.7 Å². The lowest BCUT2D eigenvalue weighted by atomic mass is 10.0. The smallest absolute Gasteiger partial charge is 0.462 e. The summed E-state index contributed by atoms with van der Waals surface area (Å²) in [7, 11) is -4.40. The maximum Gasteiger partial charge on any atom is 0.472 e. The first-order chi connectivity index (χ1) is 34.3. The Balaban J connectivity index is 3.93. The third-order valence-corrected chi connectivity index (χ3v) is 13.7. The summed E-state index contributed by atoms with van der Waals surface area (Å²) in [6, 6.07) is 0. The summed E-state index contributed by atoms with van der Waals surface area (Å²) >= 11 is 0. The first-order valence-corrected chi connectivity index (χ1v) is 30.8. The number of unbranched alkanes of at least 4 members (excludes halogenated alkanes) is 32. The molecular weight excluding hydrogens is 894 g/mol. The van der Waals surface area contributed by atoms with E-state index in [2.05, 4.69) is 74.6 Å². The number of carbonyl (C=O) groups excluding carboxylic acids is 2. The molecule has 0 radical (unpaired) electrons. The molecule has 0 spiro atoms. The topological polar surface area (TPSA) is 134 Å². The molecule has 0 saturated carbocycles. The van der Waals surface area contributed by atoms with Gasteiger partial charge in [-0.05, 0) is 57.8 Å². The third kappa shape index (κ3) is 55.0. The molecular formula is C60H110NO8P. The first-order valence-electron chi connectivity index (χ1n) is 29.3. The molecule has 2 atom stereocenters. The highest BCUT2D eigenvalue weighted by Crippen LogP contribution is 2.43. The number of rotatable bonds is 55. The van der Waals surface area contributed by atoms with Gasteiger partial charge in [-0.1, -0.05) is 267 Å². The minimum Gasteiger partial charge on any atom is -0.462 e. The molecule has 0 aliphatic carbocycles. The van der Waals surface area contributed by atoms with Crippen LogP contribution in [0.2, 0.25) is 0 Å². The molecule has 10 heteroatoms. The van der Waals surface area contributed by atoms with E-state index >= 15 is 0 Å². The molecule has 0 bridgehead atoms. The van der Waals surface area contributed by atoms with Crippen LogP contribution in [0.1, 0.15) is 277 Å². The van der Waals surface area contributed by atoms with E-state index < -0.39 is 26.5 Å². The van der Waals surface area contributed by atoms with E-state index in [1.807, 2.05) is 0 Å². The normalized spacial score (nSPS) is 13.5. The number of hydrogen-bond donors (Lipinski definition) is 2. The van der Waals surface area contributed by atoms with E-state index in [0.29, 0.717) is 6.42 Å². The second-order valence-electron chi connectivity index (χ2n) is 19.5. The lowest BCUT2D eigenvalue weighted by Crippen LogP contribution is -2.29. The van der Waals surface area contributed by atoms with Crippen molar-refractivity contribution < 1.29 is 37.6 Å². The molecule has 0 aromatic rings. The van der Waals surface area contributed by atoms with Gasteiger partial charge >= 0.3 is 19.8 Å². The molecule has 0 heterocycles. The Morgan fingerprint density at radius 1 is 0.443 bits per heavy atom. The second kappa shape index (κ2) is 56.0. The number of phosphoric acid groups is 1. The minimum atomic E-state index is -4.40. The van der Waals surface area contributed by atoms with Crippen molar-refractivity contribution in [3.63, 3.8) is 0 Å². The van der Waals surface area contributed by atoms with E-state index in [4.69, 9.17) is 24.3 Å². The summed E-state index contributed by atoms with van der Waals surface area (Å²) in [6.07, 6.45) is 70.1. The molecule has 408 valence electrons. The van der Waals surface area contributed by atoms with Crippen molar-refractivity contribution in [3.8, 4) is 0 Å². The van der Waals surface area contributed by atoms with Crippen LogP contribution in [0, 0.1) is 0 Å². The average Bonchev–Trinajstić information content (AvgIpc) is 3.35. The number of allylic oxidation sites excluding steroid dienone is 10. The Hall–Kier alpha value is -2.29. The maximum atomic E-state index is 12.7. The van der Waals surface area contributed by atoms with Crippen LogP contribution in [0.5, 0.6) is 0 Å².